The van der Waals surface area contributed by atoms with Crippen LogP contribution in [0, 0.1) is 0 Å². The van der Waals surface area contributed by atoms with Crippen molar-refractivity contribution in [3.8, 4) is 11.5 Å². The highest BCUT2D eigenvalue weighted by atomic mass is 28.4. The van der Waals surface area contributed by atoms with Crippen LogP contribution in [-0.2, 0) is 39.3 Å². The summed E-state index contributed by atoms with van der Waals surface area (Å²) in [6.07, 6.45) is -4.59. The molecule has 2 aromatic carbocycles. The van der Waals surface area contributed by atoms with Gasteiger partial charge in [0.05, 0.1) is 25.9 Å². The van der Waals surface area contributed by atoms with Gasteiger partial charge in [0.2, 0.25) is 5.91 Å². The molecule has 2 aliphatic heterocycles. The van der Waals surface area contributed by atoms with Crippen LogP contribution in [0.4, 0.5) is 0 Å². The highest BCUT2D eigenvalue weighted by molar-refractivity contribution is 6.74. The van der Waals surface area contributed by atoms with E-state index in [1.807, 2.05) is 35.2 Å². The van der Waals surface area contributed by atoms with Crippen LogP contribution in [0.25, 0.3) is 0 Å². The topological polar surface area (TPSA) is 160 Å². The maximum absolute atomic E-state index is 15.3. The van der Waals surface area contributed by atoms with Gasteiger partial charge in [-0.15, -0.1) is 0 Å². The van der Waals surface area contributed by atoms with Crippen LogP contribution in [0.1, 0.15) is 60.3 Å². The van der Waals surface area contributed by atoms with Crippen molar-refractivity contribution in [2.45, 2.75) is 140 Å². The summed E-state index contributed by atoms with van der Waals surface area (Å²) in [5.74, 6) is 0.259. The van der Waals surface area contributed by atoms with Crippen LogP contribution in [0.2, 0.25) is 36.3 Å². The Morgan fingerprint density at radius 3 is 1.98 bits per heavy atom. The number of nitrogens with zero attached hydrogens (tertiary/aromatic N) is 3. The minimum atomic E-state index is -2.72. The number of H-pyrrole nitrogens is 1. The van der Waals surface area contributed by atoms with Gasteiger partial charge in [-0.1, -0.05) is 71.9 Å². The van der Waals surface area contributed by atoms with E-state index in [4.69, 9.17) is 32.5 Å². The highest BCUT2D eigenvalue weighted by Gasteiger charge is 2.60. The molecule has 17 heteroatoms. The van der Waals surface area contributed by atoms with Crippen molar-refractivity contribution in [1.29, 1.82) is 0 Å². The first-order chi connectivity index (χ1) is 28.8. The summed E-state index contributed by atoms with van der Waals surface area (Å²) in [6, 6.07) is 16.5. The van der Waals surface area contributed by atoms with E-state index in [1.165, 1.54) is 23.8 Å². The van der Waals surface area contributed by atoms with Gasteiger partial charge >= 0.3 is 11.7 Å². The van der Waals surface area contributed by atoms with Crippen molar-refractivity contribution in [2.75, 3.05) is 34.4 Å². The number of carbonyl (C=O) groups is 2. The van der Waals surface area contributed by atoms with Gasteiger partial charge < -0.3 is 37.4 Å². The molecule has 1 N–H and O–H groups in total. The number of carbonyl (C=O) groups excluding carboxylic acids is 2. The molecule has 2 saturated heterocycles. The normalized spacial score (nSPS) is 24.7. The summed E-state index contributed by atoms with van der Waals surface area (Å²) < 4.78 is 47.4. The molecule has 3 heterocycles. The maximum atomic E-state index is 15.3. The second-order valence-corrected chi connectivity index (χ2v) is 29.0. The van der Waals surface area contributed by atoms with Crippen molar-refractivity contribution in [2.24, 2.45) is 0 Å². The average molecular weight is 897 g/mol. The third-order valence-corrected chi connectivity index (χ3v) is 22.0. The Balaban J connectivity index is 1.64. The van der Waals surface area contributed by atoms with Gasteiger partial charge in [0, 0.05) is 32.8 Å². The minimum absolute atomic E-state index is 0.0868. The smallest absolute Gasteiger partial charge is 0.330 e. The molecule has 0 spiro atoms. The second kappa shape index (κ2) is 19.3. The van der Waals surface area contributed by atoms with Crippen LogP contribution in [-0.4, -0.2) is 125 Å². The number of aromatic nitrogens is 2. The van der Waals surface area contributed by atoms with Gasteiger partial charge in [0.15, 0.2) is 29.0 Å². The quantitative estimate of drug-likeness (QED) is 0.141. The number of hydrogen-bond donors (Lipinski definition) is 1. The number of rotatable bonds is 15. The molecule has 0 saturated carbocycles. The Morgan fingerprint density at radius 2 is 1.44 bits per heavy atom. The molecule has 0 radical (unpaired) electrons. The minimum Gasteiger partial charge on any atom is -0.497 e. The lowest BCUT2D eigenvalue weighted by Gasteiger charge is -2.45. The predicted octanol–water partition coefficient (Wildman–Crippen LogP) is 5.96. The first-order valence-corrected chi connectivity index (χ1v) is 27.1. The number of ether oxygens (including phenoxy) is 5. The zero-order valence-corrected chi connectivity index (χ0v) is 40.9. The summed E-state index contributed by atoms with van der Waals surface area (Å²) >= 11 is 0. The number of nitrogens with one attached hydrogen (secondary N) is 1. The molecule has 0 aliphatic carbocycles. The number of methoxy groups -OCH3 is 1. The van der Waals surface area contributed by atoms with E-state index in [0.717, 1.165) is 5.56 Å². The van der Waals surface area contributed by atoms with E-state index in [2.05, 4.69) is 72.7 Å². The van der Waals surface area contributed by atoms with Crippen LogP contribution in [0.15, 0.2) is 76.4 Å². The fourth-order valence-electron chi connectivity index (χ4n) is 7.31. The maximum Gasteiger partial charge on any atom is 0.330 e. The van der Waals surface area contributed by atoms with E-state index in [9.17, 15) is 14.4 Å². The molecule has 2 fully saturated rings. The Labute approximate surface area is 368 Å². The fraction of sp³-hybridized carbons (Fsp3) is 0.600. The van der Waals surface area contributed by atoms with Gasteiger partial charge in [-0.3, -0.25) is 28.8 Å². The zero-order valence-electron chi connectivity index (χ0n) is 38.9. The molecule has 0 bridgehead atoms. The molecule has 1 amide bonds. The van der Waals surface area contributed by atoms with Crippen LogP contribution < -0.4 is 20.7 Å². The predicted molar refractivity (Wildman–Crippen MR) is 241 cm³/mol. The molecule has 8 atom stereocenters. The Hall–Kier alpha value is -4.11. The summed E-state index contributed by atoms with van der Waals surface area (Å²) in [5, 5.41) is -0.571. The lowest BCUT2D eigenvalue weighted by molar-refractivity contribution is -0.171. The van der Waals surface area contributed by atoms with E-state index in [0.29, 0.717) is 11.5 Å². The number of aromatic amines is 1. The standard InChI is InChI=1S/C45H68N4O11Si2/c1-29(50)57-37(36-41(52)48(9)33(28-55-32-22-20-31(54-10)21-23-32)34(26-47(36)8)56-27-30-18-16-15-17-19-30)38-39(59-61(11,12)44(2,3)4)40(60-62(13,14)45(5,6)7)42(58-38)49-25-24-35(51)46-43(49)53/h15-25,33-34,36-40,42H,26-28H2,1-14H3,(H,46,51,53)/t33-,34+,36-,37+,38-,39-,40-,42-/m1/s1. The molecule has 5 rings (SSSR count). The average Bonchev–Trinajstić information content (AvgIpc) is 3.47. The van der Waals surface area contributed by atoms with Gasteiger partial charge in [-0.2, -0.15) is 0 Å². The highest BCUT2D eigenvalue weighted by Crippen LogP contribution is 2.47. The largest absolute Gasteiger partial charge is 0.497 e. The molecule has 62 heavy (non-hydrogen) atoms. The van der Waals surface area contributed by atoms with Gasteiger partial charge in [0.25, 0.3) is 5.56 Å². The lowest BCUT2D eigenvalue weighted by Crippen LogP contribution is -2.61. The molecule has 1 aromatic heterocycles. The number of amides is 1. The first kappa shape index (κ1) is 48.9. The lowest BCUT2D eigenvalue weighted by atomic mass is 9.97. The number of esters is 1. The van der Waals surface area contributed by atoms with Gasteiger partial charge in [-0.25, -0.2) is 4.79 Å². The van der Waals surface area contributed by atoms with Crippen molar-refractivity contribution in [1.82, 2.24) is 19.4 Å². The Morgan fingerprint density at radius 1 is 0.855 bits per heavy atom. The molecule has 342 valence electrons. The van der Waals surface area contributed by atoms with E-state index < -0.39 is 82.7 Å². The Bertz CT molecular complexity index is 2100. The van der Waals surface area contributed by atoms with Crippen LogP contribution >= 0.6 is 0 Å². The third kappa shape index (κ3) is 11.2. The van der Waals surface area contributed by atoms with Gasteiger partial charge in [-0.05, 0) is 73.1 Å². The summed E-state index contributed by atoms with van der Waals surface area (Å²) in [4.78, 5) is 60.4. The van der Waals surface area contributed by atoms with Crippen molar-refractivity contribution >= 4 is 28.5 Å². The van der Waals surface area contributed by atoms with Crippen molar-refractivity contribution < 1.29 is 42.1 Å². The Kier molecular flexibility index (Phi) is 15.3. The summed E-state index contributed by atoms with van der Waals surface area (Å²) in [7, 11) is -0.307. The fourth-order valence-corrected chi connectivity index (χ4v) is 9.90. The van der Waals surface area contributed by atoms with Crippen LogP contribution in [0.5, 0.6) is 11.5 Å². The second-order valence-electron chi connectivity index (χ2n) is 19.5. The third-order valence-electron chi connectivity index (χ3n) is 13.0. The summed E-state index contributed by atoms with van der Waals surface area (Å²) in [6.45, 7) is 23.0. The summed E-state index contributed by atoms with van der Waals surface area (Å²) in [5.41, 5.74) is -0.320. The first-order valence-electron chi connectivity index (χ1n) is 21.2. The molecule has 0 unspecified atom stereocenters. The zero-order chi connectivity index (χ0) is 45.9. The molecule has 3 aromatic rings. The number of hydrogen-bond acceptors (Lipinski definition) is 12. The monoisotopic (exact) mass is 896 g/mol. The number of benzene rings is 2. The SMILES string of the molecule is COc1ccc(OC[C@@H]2[C@@H](OCc3ccccc3)CN(C)[C@H]([C@H](OC(C)=O)[C@H]3O[C@@H](n4ccc(=O)[nH]c4=O)[C@H](O[Si](C)(C)C(C)(C)C)[C@@H]3O[Si](C)(C)C(C)(C)C)C(=O)N2C)cc1. The molecule has 2 aliphatic rings. The van der Waals surface area contributed by atoms with E-state index in [1.54, 1.807) is 50.4 Å². The van der Waals surface area contributed by atoms with E-state index in [-0.39, 0.29) is 35.7 Å². The molecular weight excluding hydrogens is 829 g/mol. The molecular formula is C45H68N4O11Si2. The number of likely N-dealkylation sites (N-methyl/N-ethyl adjacent to an activating group) is 2. The van der Waals surface area contributed by atoms with Crippen molar-refractivity contribution in [3.63, 3.8) is 0 Å². The molecule has 15 nitrogen and oxygen atoms in total. The van der Waals surface area contributed by atoms with Crippen molar-refractivity contribution in [3.05, 3.63) is 93.3 Å². The van der Waals surface area contributed by atoms with Gasteiger partial charge in [0.1, 0.15) is 42.5 Å². The van der Waals surface area contributed by atoms with E-state index >= 15 is 4.79 Å². The van der Waals surface area contributed by atoms with Crippen LogP contribution in [0.3, 0.4) is 0 Å².